The highest BCUT2D eigenvalue weighted by molar-refractivity contribution is 5.86. The maximum Gasteiger partial charge on any atom is 0.242 e. The second-order valence-corrected chi connectivity index (χ2v) is 7.02. The standard InChI is InChI=1S/C16H26N4O2.ClH/c1-3-8-16(2,17)15(21)20-9-4-5-12(10-20)13-18-14(22-19-13)11-6-7-11;/h11-12H,3-10,17H2,1-2H3;1H. The molecule has 1 aliphatic carbocycles. The highest BCUT2D eigenvalue weighted by Gasteiger charge is 2.36. The molecule has 6 nitrogen and oxygen atoms in total. The van der Waals surface area contributed by atoms with E-state index in [0.717, 1.165) is 50.4 Å². The van der Waals surface area contributed by atoms with Crippen LogP contribution in [0.4, 0.5) is 0 Å². The van der Waals surface area contributed by atoms with Crippen LogP contribution < -0.4 is 5.73 Å². The van der Waals surface area contributed by atoms with E-state index in [1.54, 1.807) is 0 Å². The number of nitrogens with zero attached hydrogens (tertiary/aromatic N) is 3. The molecule has 3 rings (SSSR count). The van der Waals surface area contributed by atoms with E-state index in [2.05, 4.69) is 17.1 Å². The third-order valence-corrected chi connectivity index (χ3v) is 4.72. The number of piperidine rings is 1. The summed E-state index contributed by atoms with van der Waals surface area (Å²) in [6, 6.07) is 0. The molecule has 2 heterocycles. The minimum absolute atomic E-state index is 0. The van der Waals surface area contributed by atoms with E-state index in [4.69, 9.17) is 10.3 Å². The van der Waals surface area contributed by atoms with Crippen LogP contribution in [0.2, 0.25) is 0 Å². The summed E-state index contributed by atoms with van der Waals surface area (Å²) < 4.78 is 5.35. The van der Waals surface area contributed by atoms with E-state index in [1.807, 2.05) is 11.8 Å². The van der Waals surface area contributed by atoms with E-state index in [0.29, 0.717) is 18.9 Å². The first-order valence-corrected chi connectivity index (χ1v) is 8.43. The van der Waals surface area contributed by atoms with Crippen molar-refractivity contribution in [3.8, 4) is 0 Å². The largest absolute Gasteiger partial charge is 0.340 e. The van der Waals surface area contributed by atoms with E-state index in [9.17, 15) is 4.79 Å². The fourth-order valence-corrected chi connectivity index (χ4v) is 3.27. The van der Waals surface area contributed by atoms with Gasteiger partial charge in [0.15, 0.2) is 5.82 Å². The van der Waals surface area contributed by atoms with Gasteiger partial charge in [0.2, 0.25) is 11.8 Å². The fourth-order valence-electron chi connectivity index (χ4n) is 3.27. The van der Waals surface area contributed by atoms with Gasteiger partial charge < -0.3 is 15.2 Å². The Morgan fingerprint density at radius 2 is 2.13 bits per heavy atom. The van der Waals surface area contributed by atoms with Crippen LogP contribution >= 0.6 is 12.4 Å². The van der Waals surface area contributed by atoms with Gasteiger partial charge in [-0.3, -0.25) is 4.79 Å². The van der Waals surface area contributed by atoms with Crippen molar-refractivity contribution in [2.24, 2.45) is 5.73 Å². The zero-order chi connectivity index (χ0) is 15.7. The first-order chi connectivity index (χ1) is 10.5. The van der Waals surface area contributed by atoms with Crippen molar-refractivity contribution in [1.29, 1.82) is 0 Å². The van der Waals surface area contributed by atoms with Crippen LogP contribution in [0.15, 0.2) is 4.52 Å². The van der Waals surface area contributed by atoms with Crippen LogP contribution in [0.25, 0.3) is 0 Å². The minimum Gasteiger partial charge on any atom is -0.340 e. The number of hydrogen-bond donors (Lipinski definition) is 1. The summed E-state index contributed by atoms with van der Waals surface area (Å²) >= 11 is 0. The summed E-state index contributed by atoms with van der Waals surface area (Å²) in [7, 11) is 0. The number of nitrogens with two attached hydrogens (primary N) is 1. The third-order valence-electron chi connectivity index (χ3n) is 4.72. The first-order valence-electron chi connectivity index (χ1n) is 8.43. The SMILES string of the molecule is CCCC(C)(N)C(=O)N1CCCC(c2noc(C3CC3)n2)C1.Cl. The average Bonchev–Trinajstić information content (AvgIpc) is 3.24. The summed E-state index contributed by atoms with van der Waals surface area (Å²) in [5, 5.41) is 4.14. The lowest BCUT2D eigenvalue weighted by Crippen LogP contribution is -2.55. The molecule has 7 heteroatoms. The van der Waals surface area contributed by atoms with Crippen LogP contribution in [-0.4, -0.2) is 39.6 Å². The van der Waals surface area contributed by atoms with Gasteiger partial charge in [-0.05, 0) is 39.0 Å². The molecule has 2 N–H and O–H groups in total. The van der Waals surface area contributed by atoms with Gasteiger partial charge in [-0.25, -0.2) is 0 Å². The molecule has 2 fully saturated rings. The van der Waals surface area contributed by atoms with Crippen molar-refractivity contribution in [1.82, 2.24) is 15.0 Å². The molecule has 0 spiro atoms. The Morgan fingerprint density at radius 1 is 1.39 bits per heavy atom. The Balaban J connectivity index is 0.00000192. The minimum atomic E-state index is -0.771. The van der Waals surface area contributed by atoms with Gasteiger partial charge in [-0.2, -0.15) is 4.98 Å². The van der Waals surface area contributed by atoms with Gasteiger partial charge in [0.05, 0.1) is 5.54 Å². The van der Waals surface area contributed by atoms with Gasteiger partial charge in [0.25, 0.3) is 0 Å². The number of likely N-dealkylation sites (tertiary alicyclic amines) is 1. The van der Waals surface area contributed by atoms with Crippen molar-refractivity contribution in [3.05, 3.63) is 11.7 Å². The summed E-state index contributed by atoms with van der Waals surface area (Å²) in [6.07, 6.45) is 5.89. The molecule has 0 bridgehead atoms. The van der Waals surface area contributed by atoms with Crippen LogP contribution in [0.3, 0.4) is 0 Å². The van der Waals surface area contributed by atoms with Gasteiger partial charge in [-0.15, -0.1) is 12.4 Å². The Bertz CT molecular complexity index is 542. The van der Waals surface area contributed by atoms with Crippen LogP contribution in [0.1, 0.15) is 75.9 Å². The molecule has 2 aliphatic rings. The van der Waals surface area contributed by atoms with Gasteiger partial charge >= 0.3 is 0 Å². The van der Waals surface area contributed by atoms with Crippen molar-refractivity contribution < 1.29 is 9.32 Å². The topological polar surface area (TPSA) is 85.3 Å². The van der Waals surface area contributed by atoms with Crippen LogP contribution in [-0.2, 0) is 4.79 Å². The van der Waals surface area contributed by atoms with Crippen molar-refractivity contribution in [2.45, 2.75) is 69.7 Å². The molecule has 1 amide bonds. The number of carbonyl (C=O) groups excluding carboxylic acids is 1. The summed E-state index contributed by atoms with van der Waals surface area (Å²) in [5.41, 5.74) is 5.43. The molecular weight excluding hydrogens is 316 g/mol. The predicted octanol–water partition coefficient (Wildman–Crippen LogP) is 2.59. The normalized spacial score (nSPS) is 24.0. The lowest BCUT2D eigenvalue weighted by Gasteiger charge is -2.36. The molecule has 0 aromatic carbocycles. The summed E-state index contributed by atoms with van der Waals surface area (Å²) in [5.74, 6) is 2.22. The van der Waals surface area contributed by atoms with Gasteiger partial charge in [-0.1, -0.05) is 18.5 Å². The maximum absolute atomic E-state index is 12.6. The zero-order valence-corrected chi connectivity index (χ0v) is 14.8. The molecule has 1 saturated heterocycles. The Morgan fingerprint density at radius 3 is 2.78 bits per heavy atom. The molecular formula is C16H27ClN4O2. The van der Waals surface area contributed by atoms with E-state index in [-0.39, 0.29) is 24.2 Å². The smallest absolute Gasteiger partial charge is 0.242 e. The second-order valence-electron chi connectivity index (χ2n) is 7.02. The number of carbonyl (C=O) groups is 1. The molecule has 1 saturated carbocycles. The number of aromatic nitrogens is 2. The number of halogens is 1. The predicted molar refractivity (Wildman–Crippen MR) is 89.6 cm³/mol. The van der Waals surface area contributed by atoms with Crippen LogP contribution in [0, 0.1) is 0 Å². The Labute approximate surface area is 143 Å². The van der Waals surface area contributed by atoms with Gasteiger partial charge in [0.1, 0.15) is 0 Å². The molecule has 2 unspecified atom stereocenters. The van der Waals surface area contributed by atoms with Crippen molar-refractivity contribution >= 4 is 18.3 Å². The highest BCUT2D eigenvalue weighted by atomic mass is 35.5. The van der Waals surface area contributed by atoms with Gasteiger partial charge in [0, 0.05) is 24.9 Å². The highest BCUT2D eigenvalue weighted by Crippen LogP contribution is 2.39. The van der Waals surface area contributed by atoms with Crippen molar-refractivity contribution in [2.75, 3.05) is 13.1 Å². The molecule has 130 valence electrons. The molecule has 1 aromatic rings. The first kappa shape index (κ1) is 18.2. The molecule has 1 aliphatic heterocycles. The van der Waals surface area contributed by atoms with E-state index < -0.39 is 5.54 Å². The van der Waals surface area contributed by atoms with Crippen LogP contribution in [0.5, 0.6) is 0 Å². The lowest BCUT2D eigenvalue weighted by atomic mass is 9.92. The molecule has 1 aromatic heterocycles. The molecule has 23 heavy (non-hydrogen) atoms. The monoisotopic (exact) mass is 342 g/mol. The maximum atomic E-state index is 12.6. The molecule has 0 radical (unpaired) electrons. The number of amides is 1. The van der Waals surface area contributed by atoms with E-state index >= 15 is 0 Å². The van der Waals surface area contributed by atoms with Crippen molar-refractivity contribution in [3.63, 3.8) is 0 Å². The lowest BCUT2D eigenvalue weighted by molar-refractivity contribution is -0.138. The fraction of sp³-hybridized carbons (Fsp3) is 0.812. The second kappa shape index (κ2) is 7.18. The average molecular weight is 343 g/mol. The number of hydrogen-bond acceptors (Lipinski definition) is 5. The Kier molecular flexibility index (Phi) is 5.68. The Hall–Kier alpha value is -1.14. The number of rotatable bonds is 5. The third kappa shape index (κ3) is 4.04. The molecule has 2 atom stereocenters. The summed E-state index contributed by atoms with van der Waals surface area (Å²) in [6.45, 7) is 5.32. The zero-order valence-electron chi connectivity index (χ0n) is 14.0. The van der Waals surface area contributed by atoms with E-state index in [1.165, 1.54) is 0 Å². The quantitative estimate of drug-likeness (QED) is 0.888. The summed E-state index contributed by atoms with van der Waals surface area (Å²) in [4.78, 5) is 19.1.